The van der Waals surface area contributed by atoms with E-state index in [0.29, 0.717) is 19.7 Å². The molecule has 4 heteroatoms. The average molecular weight is 256 g/mol. The van der Waals surface area contributed by atoms with Gasteiger partial charge in [0.05, 0.1) is 18.8 Å². The third-order valence-electron chi connectivity index (χ3n) is 3.34. The van der Waals surface area contributed by atoms with E-state index in [1.807, 2.05) is 36.4 Å². The van der Waals surface area contributed by atoms with Crippen LogP contribution in [0.4, 0.5) is 5.69 Å². The molecule has 0 aromatic heterocycles. The standard InChI is InChI=1S/C15H16N2O2/c1-16-10-14(18)17-8-9-19-15-12-5-3-2-4-11(12)6-7-13(15)17/h2-7,16H,8-10H2,1H3. The molecule has 0 saturated heterocycles. The minimum Gasteiger partial charge on any atom is -0.489 e. The molecule has 0 spiro atoms. The Morgan fingerprint density at radius 2 is 2.16 bits per heavy atom. The van der Waals surface area contributed by atoms with Gasteiger partial charge in [0.15, 0.2) is 5.75 Å². The van der Waals surface area contributed by atoms with Crippen molar-refractivity contribution in [2.45, 2.75) is 0 Å². The second-order valence-electron chi connectivity index (χ2n) is 4.56. The van der Waals surface area contributed by atoms with Crippen LogP contribution in [-0.2, 0) is 4.79 Å². The minimum absolute atomic E-state index is 0.0716. The summed E-state index contributed by atoms with van der Waals surface area (Å²) in [4.78, 5) is 13.9. The summed E-state index contributed by atoms with van der Waals surface area (Å²) in [5, 5.41) is 5.09. The van der Waals surface area contributed by atoms with Crippen molar-refractivity contribution in [1.82, 2.24) is 5.32 Å². The third kappa shape index (κ3) is 2.04. The lowest BCUT2D eigenvalue weighted by Crippen LogP contribution is -2.42. The van der Waals surface area contributed by atoms with E-state index in [0.717, 1.165) is 22.2 Å². The molecule has 1 aliphatic rings. The number of rotatable bonds is 2. The van der Waals surface area contributed by atoms with Crippen LogP contribution in [0.3, 0.4) is 0 Å². The largest absolute Gasteiger partial charge is 0.489 e. The SMILES string of the molecule is CNCC(=O)N1CCOc2c1ccc1ccccc21. The number of anilines is 1. The highest BCUT2D eigenvalue weighted by atomic mass is 16.5. The number of hydrogen-bond donors (Lipinski definition) is 1. The lowest BCUT2D eigenvalue weighted by atomic mass is 10.1. The topological polar surface area (TPSA) is 41.6 Å². The summed E-state index contributed by atoms with van der Waals surface area (Å²) in [5.74, 6) is 0.885. The van der Waals surface area contributed by atoms with Crippen molar-refractivity contribution in [2.75, 3.05) is 31.6 Å². The molecule has 0 bridgehead atoms. The number of likely N-dealkylation sites (N-methyl/N-ethyl adjacent to an activating group) is 1. The monoisotopic (exact) mass is 256 g/mol. The van der Waals surface area contributed by atoms with E-state index in [4.69, 9.17) is 4.74 Å². The summed E-state index contributed by atoms with van der Waals surface area (Å²) in [6, 6.07) is 12.1. The molecule has 2 aromatic rings. The van der Waals surface area contributed by atoms with Gasteiger partial charge in [-0.2, -0.15) is 0 Å². The molecule has 19 heavy (non-hydrogen) atoms. The summed E-state index contributed by atoms with van der Waals surface area (Å²) < 4.78 is 5.78. The van der Waals surface area contributed by atoms with Gasteiger partial charge in [-0.15, -0.1) is 0 Å². The maximum absolute atomic E-state index is 12.1. The number of fused-ring (bicyclic) bond motifs is 3. The second kappa shape index (κ2) is 4.90. The van der Waals surface area contributed by atoms with Crippen LogP contribution in [0.15, 0.2) is 36.4 Å². The number of carbonyl (C=O) groups excluding carboxylic acids is 1. The summed E-state index contributed by atoms with van der Waals surface area (Å²) >= 11 is 0. The average Bonchev–Trinajstić information content (AvgIpc) is 2.46. The van der Waals surface area contributed by atoms with E-state index in [1.54, 1.807) is 11.9 Å². The predicted octanol–water partition coefficient (Wildman–Crippen LogP) is 1.78. The van der Waals surface area contributed by atoms with E-state index >= 15 is 0 Å². The zero-order valence-corrected chi connectivity index (χ0v) is 10.8. The van der Waals surface area contributed by atoms with Gasteiger partial charge in [-0.1, -0.05) is 30.3 Å². The Morgan fingerprint density at radius 1 is 1.32 bits per heavy atom. The molecule has 2 aromatic carbocycles. The fraction of sp³-hybridized carbons (Fsp3) is 0.267. The molecule has 98 valence electrons. The normalized spacial score (nSPS) is 14.1. The van der Waals surface area contributed by atoms with Crippen molar-refractivity contribution in [3.63, 3.8) is 0 Å². The van der Waals surface area contributed by atoms with Crippen LogP contribution in [0.5, 0.6) is 5.75 Å². The van der Waals surface area contributed by atoms with Crippen molar-refractivity contribution >= 4 is 22.4 Å². The van der Waals surface area contributed by atoms with E-state index in [-0.39, 0.29) is 5.91 Å². The molecule has 1 N–H and O–H groups in total. The van der Waals surface area contributed by atoms with Crippen molar-refractivity contribution in [3.05, 3.63) is 36.4 Å². The number of nitrogens with zero attached hydrogens (tertiary/aromatic N) is 1. The first kappa shape index (κ1) is 12.0. The summed E-state index contributed by atoms with van der Waals surface area (Å²) in [5.41, 5.74) is 0.866. The molecule has 1 aliphatic heterocycles. The lowest BCUT2D eigenvalue weighted by Gasteiger charge is -2.30. The smallest absolute Gasteiger partial charge is 0.241 e. The molecule has 0 unspecified atom stereocenters. The van der Waals surface area contributed by atoms with Gasteiger partial charge in [0, 0.05) is 5.39 Å². The first-order chi connectivity index (χ1) is 9.31. The second-order valence-corrected chi connectivity index (χ2v) is 4.56. The van der Waals surface area contributed by atoms with Gasteiger partial charge in [0.2, 0.25) is 5.91 Å². The van der Waals surface area contributed by atoms with Crippen molar-refractivity contribution < 1.29 is 9.53 Å². The molecular formula is C15H16N2O2. The highest BCUT2D eigenvalue weighted by Gasteiger charge is 2.24. The molecule has 0 saturated carbocycles. The van der Waals surface area contributed by atoms with Gasteiger partial charge >= 0.3 is 0 Å². The van der Waals surface area contributed by atoms with Gasteiger partial charge < -0.3 is 15.0 Å². The Kier molecular flexibility index (Phi) is 3.09. The van der Waals surface area contributed by atoms with Crippen LogP contribution in [0.2, 0.25) is 0 Å². The van der Waals surface area contributed by atoms with Gasteiger partial charge in [-0.3, -0.25) is 4.79 Å². The third-order valence-corrected chi connectivity index (χ3v) is 3.34. The van der Waals surface area contributed by atoms with Crippen LogP contribution in [0.25, 0.3) is 10.8 Å². The first-order valence-corrected chi connectivity index (χ1v) is 6.41. The molecule has 0 atom stereocenters. The minimum atomic E-state index is 0.0716. The number of amides is 1. The summed E-state index contributed by atoms with van der Waals surface area (Å²) in [6.07, 6.45) is 0. The molecule has 1 heterocycles. The number of ether oxygens (including phenoxy) is 1. The predicted molar refractivity (Wildman–Crippen MR) is 75.7 cm³/mol. The quantitative estimate of drug-likeness (QED) is 0.890. The van der Waals surface area contributed by atoms with Gasteiger partial charge in [-0.25, -0.2) is 0 Å². The van der Waals surface area contributed by atoms with Gasteiger partial charge in [0.1, 0.15) is 6.61 Å². The van der Waals surface area contributed by atoms with E-state index < -0.39 is 0 Å². The molecule has 4 nitrogen and oxygen atoms in total. The molecule has 3 rings (SSSR count). The Balaban J connectivity index is 2.10. The molecule has 0 aliphatic carbocycles. The van der Waals surface area contributed by atoms with Gasteiger partial charge in [-0.05, 0) is 18.5 Å². The van der Waals surface area contributed by atoms with Crippen LogP contribution in [0, 0.1) is 0 Å². The fourth-order valence-corrected chi connectivity index (χ4v) is 2.46. The van der Waals surface area contributed by atoms with Crippen molar-refractivity contribution in [3.8, 4) is 5.75 Å². The van der Waals surface area contributed by atoms with E-state index in [1.165, 1.54) is 0 Å². The van der Waals surface area contributed by atoms with Crippen LogP contribution >= 0.6 is 0 Å². The molecule has 0 radical (unpaired) electrons. The fourth-order valence-electron chi connectivity index (χ4n) is 2.46. The lowest BCUT2D eigenvalue weighted by molar-refractivity contribution is -0.117. The van der Waals surface area contributed by atoms with Crippen LogP contribution in [0.1, 0.15) is 0 Å². The van der Waals surface area contributed by atoms with Crippen LogP contribution in [-0.4, -0.2) is 32.7 Å². The van der Waals surface area contributed by atoms with Gasteiger partial charge in [0.25, 0.3) is 0 Å². The Morgan fingerprint density at radius 3 is 3.00 bits per heavy atom. The highest BCUT2D eigenvalue weighted by molar-refractivity contribution is 6.02. The Hall–Kier alpha value is -2.07. The zero-order valence-electron chi connectivity index (χ0n) is 10.8. The number of benzene rings is 2. The number of carbonyl (C=O) groups is 1. The van der Waals surface area contributed by atoms with E-state index in [9.17, 15) is 4.79 Å². The highest BCUT2D eigenvalue weighted by Crippen LogP contribution is 2.38. The molecule has 1 amide bonds. The zero-order chi connectivity index (χ0) is 13.2. The van der Waals surface area contributed by atoms with Crippen molar-refractivity contribution in [1.29, 1.82) is 0 Å². The summed E-state index contributed by atoms with van der Waals surface area (Å²) in [7, 11) is 1.78. The maximum atomic E-state index is 12.1. The Labute approximate surface area is 112 Å². The molecule has 0 fully saturated rings. The summed E-state index contributed by atoms with van der Waals surface area (Å²) in [6.45, 7) is 1.48. The van der Waals surface area contributed by atoms with Crippen LogP contribution < -0.4 is 15.0 Å². The molecular weight excluding hydrogens is 240 g/mol. The van der Waals surface area contributed by atoms with Crippen molar-refractivity contribution in [2.24, 2.45) is 0 Å². The first-order valence-electron chi connectivity index (χ1n) is 6.41. The number of hydrogen-bond acceptors (Lipinski definition) is 3. The Bertz CT molecular complexity index is 625. The maximum Gasteiger partial charge on any atom is 0.241 e. The number of nitrogens with one attached hydrogen (secondary N) is 1. The van der Waals surface area contributed by atoms with E-state index in [2.05, 4.69) is 5.32 Å².